The van der Waals surface area contributed by atoms with Gasteiger partial charge in [0.05, 0.1) is 13.2 Å². The Morgan fingerprint density at radius 3 is 2.38 bits per heavy atom. The maximum absolute atomic E-state index is 12.0. The summed E-state index contributed by atoms with van der Waals surface area (Å²) in [5.41, 5.74) is 1.71. The average Bonchev–Trinajstić information content (AvgIpc) is 3.37. The van der Waals surface area contributed by atoms with Gasteiger partial charge in [-0.2, -0.15) is 13.2 Å². The van der Waals surface area contributed by atoms with E-state index >= 15 is 0 Å². The van der Waals surface area contributed by atoms with E-state index in [4.69, 9.17) is 0 Å². The Bertz CT molecular complexity index is 546. The number of aliphatic imine (C=N–C) groups is 1. The molecule has 2 rings (SSSR count). The van der Waals surface area contributed by atoms with E-state index in [1.54, 1.807) is 12.1 Å². The summed E-state index contributed by atoms with van der Waals surface area (Å²) in [7, 11) is 0. The molecule has 0 aromatic heterocycles. The number of ether oxygens (including phenoxy) is 1. The van der Waals surface area contributed by atoms with Crippen LogP contribution in [-0.2, 0) is 17.9 Å². The van der Waals surface area contributed by atoms with Crippen molar-refractivity contribution in [3.05, 3.63) is 35.4 Å². The summed E-state index contributed by atoms with van der Waals surface area (Å²) in [5, 5.41) is 6.54. The average molecular weight is 485 g/mol. The highest BCUT2D eigenvalue weighted by molar-refractivity contribution is 14.0. The summed E-state index contributed by atoms with van der Waals surface area (Å²) in [6.07, 6.45) is -0.427. The zero-order valence-electron chi connectivity index (χ0n) is 14.9. The first-order chi connectivity index (χ1) is 12.0. The molecule has 1 saturated carbocycles. The fourth-order valence-corrected chi connectivity index (χ4v) is 2.34. The lowest BCUT2D eigenvalue weighted by molar-refractivity contribution is -0.176. The molecule has 0 saturated heterocycles. The van der Waals surface area contributed by atoms with Crippen molar-refractivity contribution in [2.45, 2.75) is 45.5 Å². The topological polar surface area (TPSA) is 45.7 Å². The highest BCUT2D eigenvalue weighted by atomic mass is 127. The molecule has 1 aliphatic rings. The number of benzene rings is 1. The van der Waals surface area contributed by atoms with Gasteiger partial charge in [-0.05, 0) is 30.4 Å². The summed E-state index contributed by atoms with van der Waals surface area (Å²) >= 11 is 0. The van der Waals surface area contributed by atoms with E-state index in [0.29, 0.717) is 12.1 Å². The van der Waals surface area contributed by atoms with Crippen molar-refractivity contribution in [1.82, 2.24) is 10.6 Å². The third-order valence-electron chi connectivity index (χ3n) is 3.86. The number of nitrogens with one attached hydrogen (secondary N) is 2. The van der Waals surface area contributed by atoms with E-state index in [1.165, 1.54) is 19.3 Å². The highest BCUT2D eigenvalue weighted by Gasteiger charge is 2.27. The molecule has 0 amide bonds. The molecule has 8 heteroatoms. The molecule has 4 nitrogen and oxygen atoms in total. The van der Waals surface area contributed by atoms with E-state index < -0.39 is 12.8 Å². The third-order valence-corrected chi connectivity index (χ3v) is 3.86. The lowest BCUT2D eigenvalue weighted by atomic mass is 10.1. The first kappa shape index (κ1) is 23.0. The van der Waals surface area contributed by atoms with Crippen LogP contribution in [0.2, 0.25) is 0 Å². The molecule has 0 spiro atoms. The van der Waals surface area contributed by atoms with Gasteiger partial charge >= 0.3 is 6.18 Å². The van der Waals surface area contributed by atoms with E-state index in [-0.39, 0.29) is 30.6 Å². The third kappa shape index (κ3) is 10.2. The van der Waals surface area contributed by atoms with Crippen molar-refractivity contribution in [2.75, 3.05) is 19.7 Å². The molecule has 1 aromatic carbocycles. The molecule has 1 aromatic rings. The summed E-state index contributed by atoms with van der Waals surface area (Å²) in [6.45, 7) is 2.99. The van der Waals surface area contributed by atoms with Crippen molar-refractivity contribution < 1.29 is 17.9 Å². The SMILES string of the molecule is CCNC(=NCc1ccc(COCC(F)(F)F)cc1)NCCC1CC1.I. The Morgan fingerprint density at radius 1 is 1.15 bits per heavy atom. The lowest BCUT2D eigenvalue weighted by Gasteiger charge is -2.11. The van der Waals surface area contributed by atoms with Crippen LogP contribution < -0.4 is 10.6 Å². The van der Waals surface area contributed by atoms with Crippen LogP contribution in [-0.4, -0.2) is 31.8 Å². The van der Waals surface area contributed by atoms with Gasteiger partial charge in [-0.15, -0.1) is 24.0 Å². The number of halogens is 4. The van der Waals surface area contributed by atoms with Gasteiger partial charge in [0, 0.05) is 13.1 Å². The molecule has 0 atom stereocenters. The van der Waals surface area contributed by atoms with E-state index in [9.17, 15) is 13.2 Å². The standard InChI is InChI=1S/C18H26F3N3O.HI/c1-2-22-17(23-10-9-14-3-4-14)24-11-15-5-7-16(8-6-15)12-25-13-18(19,20)21;/h5-8,14H,2-4,9-13H2,1H3,(H2,22,23,24);1H. The van der Waals surface area contributed by atoms with Crippen LogP contribution >= 0.6 is 24.0 Å². The molecular formula is C18H27F3IN3O. The molecular weight excluding hydrogens is 458 g/mol. The Morgan fingerprint density at radius 2 is 1.81 bits per heavy atom. The monoisotopic (exact) mass is 485 g/mol. The molecule has 2 N–H and O–H groups in total. The molecule has 0 radical (unpaired) electrons. The van der Waals surface area contributed by atoms with E-state index in [1.807, 2.05) is 19.1 Å². The highest BCUT2D eigenvalue weighted by Crippen LogP contribution is 2.31. The van der Waals surface area contributed by atoms with Gasteiger partial charge < -0.3 is 15.4 Å². The van der Waals surface area contributed by atoms with Gasteiger partial charge in [0.1, 0.15) is 6.61 Å². The van der Waals surface area contributed by atoms with Gasteiger partial charge in [0.25, 0.3) is 0 Å². The predicted molar refractivity (Wildman–Crippen MR) is 108 cm³/mol. The minimum absolute atomic E-state index is 0. The predicted octanol–water partition coefficient (Wildman–Crippen LogP) is 4.24. The van der Waals surface area contributed by atoms with Gasteiger partial charge in [-0.25, -0.2) is 4.99 Å². The maximum atomic E-state index is 12.0. The summed E-state index contributed by atoms with van der Waals surface area (Å²) < 4.78 is 40.8. The molecule has 26 heavy (non-hydrogen) atoms. The Kier molecular flexibility index (Phi) is 10.3. The summed E-state index contributed by atoms with van der Waals surface area (Å²) in [5.74, 6) is 1.67. The number of hydrogen-bond donors (Lipinski definition) is 2. The largest absolute Gasteiger partial charge is 0.411 e. The van der Waals surface area contributed by atoms with Gasteiger partial charge in [-0.1, -0.05) is 37.1 Å². The Hall–Kier alpha value is -1.03. The van der Waals surface area contributed by atoms with Crippen LogP contribution in [0.1, 0.15) is 37.3 Å². The number of nitrogens with zero attached hydrogens (tertiary/aromatic N) is 1. The van der Waals surface area contributed by atoms with Crippen molar-refractivity contribution in [1.29, 1.82) is 0 Å². The minimum atomic E-state index is -4.29. The van der Waals surface area contributed by atoms with Crippen molar-refractivity contribution >= 4 is 29.9 Å². The fraction of sp³-hybridized carbons (Fsp3) is 0.611. The second-order valence-corrected chi connectivity index (χ2v) is 6.28. The quantitative estimate of drug-likeness (QED) is 0.313. The van der Waals surface area contributed by atoms with Crippen LogP contribution in [0, 0.1) is 5.92 Å². The van der Waals surface area contributed by atoms with Crippen LogP contribution in [0.3, 0.4) is 0 Å². The van der Waals surface area contributed by atoms with Gasteiger partial charge in [0.2, 0.25) is 0 Å². The molecule has 1 aliphatic carbocycles. The Balaban J connectivity index is 0.00000338. The zero-order chi connectivity index (χ0) is 18.1. The van der Waals surface area contributed by atoms with Crippen molar-refractivity contribution in [3.8, 4) is 0 Å². The normalized spacial score (nSPS) is 14.7. The van der Waals surface area contributed by atoms with Crippen LogP contribution in [0.5, 0.6) is 0 Å². The van der Waals surface area contributed by atoms with Gasteiger partial charge in [0.15, 0.2) is 5.96 Å². The molecule has 0 heterocycles. The number of guanidine groups is 1. The minimum Gasteiger partial charge on any atom is -0.367 e. The van der Waals surface area contributed by atoms with Gasteiger partial charge in [-0.3, -0.25) is 0 Å². The first-order valence-corrected chi connectivity index (χ1v) is 8.71. The van der Waals surface area contributed by atoms with E-state index in [0.717, 1.165) is 30.5 Å². The molecule has 0 aliphatic heterocycles. The molecule has 0 bridgehead atoms. The van der Waals surface area contributed by atoms with Crippen LogP contribution in [0.15, 0.2) is 29.3 Å². The number of alkyl halides is 3. The maximum Gasteiger partial charge on any atom is 0.411 e. The second-order valence-electron chi connectivity index (χ2n) is 6.28. The lowest BCUT2D eigenvalue weighted by Crippen LogP contribution is -2.37. The molecule has 148 valence electrons. The Labute approximate surface area is 170 Å². The van der Waals surface area contributed by atoms with Crippen molar-refractivity contribution in [3.63, 3.8) is 0 Å². The fourth-order valence-electron chi connectivity index (χ4n) is 2.34. The summed E-state index contributed by atoms with van der Waals surface area (Å²) in [4.78, 5) is 4.54. The van der Waals surface area contributed by atoms with Crippen LogP contribution in [0.4, 0.5) is 13.2 Å². The first-order valence-electron chi connectivity index (χ1n) is 8.71. The zero-order valence-corrected chi connectivity index (χ0v) is 17.3. The number of hydrogen-bond acceptors (Lipinski definition) is 2. The second kappa shape index (κ2) is 11.6. The van der Waals surface area contributed by atoms with E-state index in [2.05, 4.69) is 20.4 Å². The summed E-state index contributed by atoms with van der Waals surface area (Å²) in [6, 6.07) is 7.27. The number of rotatable bonds is 9. The molecule has 1 fully saturated rings. The molecule has 0 unspecified atom stereocenters. The smallest absolute Gasteiger partial charge is 0.367 e. The van der Waals surface area contributed by atoms with Crippen LogP contribution in [0.25, 0.3) is 0 Å². The van der Waals surface area contributed by atoms with Crippen molar-refractivity contribution in [2.24, 2.45) is 10.9 Å².